The summed E-state index contributed by atoms with van der Waals surface area (Å²) >= 11 is 6.06. The van der Waals surface area contributed by atoms with E-state index in [4.69, 9.17) is 31.5 Å². The van der Waals surface area contributed by atoms with E-state index in [1.165, 1.54) is 0 Å². The van der Waals surface area contributed by atoms with Crippen LogP contribution in [-0.2, 0) is 16.1 Å². The zero-order valence-corrected chi connectivity index (χ0v) is 11.0. The number of nitrogens with one attached hydrogen (secondary N) is 1. The number of fused-ring (bicyclic) bond motifs is 1. The normalized spacial score (nSPS) is 12.7. The lowest BCUT2D eigenvalue weighted by Gasteiger charge is -2.07. The summed E-state index contributed by atoms with van der Waals surface area (Å²) in [5.41, 5.74) is 5.93. The van der Waals surface area contributed by atoms with Crippen molar-refractivity contribution >= 4 is 17.5 Å². The number of carbonyl (C=O) groups is 1. The van der Waals surface area contributed by atoms with Gasteiger partial charge in [-0.25, -0.2) is 0 Å². The molecule has 2 rings (SSSR count). The fourth-order valence-electron chi connectivity index (χ4n) is 1.67. The molecule has 0 aliphatic carbocycles. The molecule has 6 nitrogen and oxygen atoms in total. The van der Waals surface area contributed by atoms with E-state index < -0.39 is 5.91 Å². The molecule has 104 valence electrons. The highest BCUT2D eigenvalue weighted by atomic mass is 35.5. The van der Waals surface area contributed by atoms with Crippen molar-refractivity contribution in [1.82, 2.24) is 5.32 Å². The van der Waals surface area contributed by atoms with Crippen molar-refractivity contribution < 1.29 is 19.0 Å². The minimum Gasteiger partial charge on any atom is -0.454 e. The number of nitrogens with two attached hydrogens (primary N) is 1. The van der Waals surface area contributed by atoms with Crippen molar-refractivity contribution in [3.05, 3.63) is 22.7 Å². The summed E-state index contributed by atoms with van der Waals surface area (Å²) in [6.07, 6.45) is 0. The van der Waals surface area contributed by atoms with Gasteiger partial charge in [-0.05, 0) is 17.7 Å². The van der Waals surface area contributed by atoms with Crippen molar-refractivity contribution in [3.8, 4) is 11.5 Å². The summed E-state index contributed by atoms with van der Waals surface area (Å²) in [5, 5.41) is 3.70. The molecule has 3 N–H and O–H groups in total. The minimum atomic E-state index is -0.470. The van der Waals surface area contributed by atoms with Crippen LogP contribution >= 0.6 is 11.6 Å². The van der Waals surface area contributed by atoms with Crippen LogP contribution in [0.25, 0.3) is 0 Å². The largest absolute Gasteiger partial charge is 0.454 e. The van der Waals surface area contributed by atoms with Gasteiger partial charge in [-0.3, -0.25) is 4.79 Å². The van der Waals surface area contributed by atoms with Crippen LogP contribution in [0.3, 0.4) is 0 Å². The average Bonchev–Trinajstić information content (AvgIpc) is 2.82. The fourth-order valence-corrected chi connectivity index (χ4v) is 1.96. The van der Waals surface area contributed by atoms with E-state index >= 15 is 0 Å². The fraction of sp³-hybridized carbons (Fsp3) is 0.417. The Morgan fingerprint density at radius 1 is 1.47 bits per heavy atom. The third-order valence-electron chi connectivity index (χ3n) is 2.48. The number of carbonyl (C=O) groups excluding carboxylic acids is 1. The van der Waals surface area contributed by atoms with E-state index in [1.807, 2.05) is 12.1 Å². The molecule has 1 aromatic carbocycles. The lowest BCUT2D eigenvalue weighted by atomic mass is 10.2. The number of benzene rings is 1. The number of primary amides is 1. The van der Waals surface area contributed by atoms with Crippen LogP contribution in [0.4, 0.5) is 0 Å². The summed E-state index contributed by atoms with van der Waals surface area (Å²) in [6, 6.07) is 3.71. The van der Waals surface area contributed by atoms with Crippen molar-refractivity contribution in [1.29, 1.82) is 0 Å². The second-order valence-electron chi connectivity index (χ2n) is 4.01. The van der Waals surface area contributed by atoms with Gasteiger partial charge in [0.2, 0.25) is 12.7 Å². The second-order valence-corrected chi connectivity index (χ2v) is 4.41. The maximum atomic E-state index is 10.4. The van der Waals surface area contributed by atoms with Crippen LogP contribution in [-0.4, -0.2) is 32.5 Å². The molecular weight excluding hydrogens is 272 g/mol. The summed E-state index contributed by atoms with van der Waals surface area (Å²) in [5.74, 6) is 0.784. The highest BCUT2D eigenvalue weighted by Crippen LogP contribution is 2.39. The minimum absolute atomic E-state index is 0.0580. The first-order chi connectivity index (χ1) is 9.16. The van der Waals surface area contributed by atoms with E-state index in [2.05, 4.69) is 5.32 Å². The van der Waals surface area contributed by atoms with E-state index in [-0.39, 0.29) is 13.4 Å². The molecule has 1 aliphatic heterocycles. The lowest BCUT2D eigenvalue weighted by Crippen LogP contribution is -2.23. The maximum Gasteiger partial charge on any atom is 0.243 e. The smallest absolute Gasteiger partial charge is 0.243 e. The number of ether oxygens (including phenoxy) is 3. The molecular formula is C12H15ClN2O4. The monoisotopic (exact) mass is 286 g/mol. The summed E-state index contributed by atoms with van der Waals surface area (Å²) < 4.78 is 15.5. The van der Waals surface area contributed by atoms with Crippen LogP contribution < -0.4 is 20.5 Å². The zero-order valence-electron chi connectivity index (χ0n) is 10.3. The van der Waals surface area contributed by atoms with Crippen LogP contribution in [0.1, 0.15) is 5.56 Å². The van der Waals surface area contributed by atoms with Gasteiger partial charge in [0.15, 0.2) is 11.5 Å². The van der Waals surface area contributed by atoms with Crippen LogP contribution in [0.5, 0.6) is 11.5 Å². The Hall–Kier alpha value is -1.50. The van der Waals surface area contributed by atoms with E-state index in [0.29, 0.717) is 36.2 Å². The van der Waals surface area contributed by atoms with Gasteiger partial charge in [-0.2, -0.15) is 0 Å². The zero-order chi connectivity index (χ0) is 13.7. The van der Waals surface area contributed by atoms with Gasteiger partial charge in [-0.1, -0.05) is 11.6 Å². The van der Waals surface area contributed by atoms with Gasteiger partial charge in [-0.15, -0.1) is 0 Å². The predicted molar refractivity (Wildman–Crippen MR) is 69.3 cm³/mol. The van der Waals surface area contributed by atoms with Crippen molar-refractivity contribution in [2.75, 3.05) is 26.6 Å². The van der Waals surface area contributed by atoms with Gasteiger partial charge in [0.05, 0.1) is 11.6 Å². The number of halogens is 1. The molecule has 0 atom stereocenters. The van der Waals surface area contributed by atoms with E-state index in [0.717, 1.165) is 5.56 Å². The molecule has 0 saturated heterocycles. The summed E-state index contributed by atoms with van der Waals surface area (Å²) in [4.78, 5) is 10.4. The molecule has 7 heteroatoms. The van der Waals surface area contributed by atoms with Crippen molar-refractivity contribution in [2.45, 2.75) is 6.54 Å². The average molecular weight is 287 g/mol. The molecule has 0 unspecified atom stereocenters. The van der Waals surface area contributed by atoms with Crippen LogP contribution in [0.15, 0.2) is 12.1 Å². The number of hydrogen-bond acceptors (Lipinski definition) is 5. The molecule has 1 aromatic rings. The Labute approximate surface area is 115 Å². The Kier molecular flexibility index (Phi) is 4.84. The highest BCUT2D eigenvalue weighted by molar-refractivity contribution is 6.32. The number of hydrogen-bond donors (Lipinski definition) is 2. The third kappa shape index (κ3) is 3.99. The lowest BCUT2D eigenvalue weighted by molar-refractivity contribution is -0.122. The molecule has 0 saturated carbocycles. The molecule has 1 aliphatic rings. The van der Waals surface area contributed by atoms with Crippen LogP contribution in [0, 0.1) is 0 Å². The van der Waals surface area contributed by atoms with Gasteiger partial charge in [0, 0.05) is 13.1 Å². The van der Waals surface area contributed by atoms with Gasteiger partial charge in [0.1, 0.15) is 6.61 Å². The highest BCUT2D eigenvalue weighted by Gasteiger charge is 2.17. The van der Waals surface area contributed by atoms with Gasteiger partial charge >= 0.3 is 0 Å². The summed E-state index contributed by atoms with van der Waals surface area (Å²) in [7, 11) is 0. The first-order valence-corrected chi connectivity index (χ1v) is 6.19. The van der Waals surface area contributed by atoms with Gasteiger partial charge in [0.25, 0.3) is 0 Å². The number of amides is 1. The molecule has 1 amide bonds. The Morgan fingerprint density at radius 3 is 3.11 bits per heavy atom. The SMILES string of the molecule is NC(=O)COCCNCc1cc(Cl)c2c(c1)OCO2. The Balaban J connectivity index is 1.74. The maximum absolute atomic E-state index is 10.4. The quantitative estimate of drug-likeness (QED) is 0.720. The van der Waals surface area contributed by atoms with E-state index in [1.54, 1.807) is 0 Å². The molecule has 0 radical (unpaired) electrons. The van der Waals surface area contributed by atoms with Gasteiger partial charge < -0.3 is 25.3 Å². The topological polar surface area (TPSA) is 82.8 Å². The number of rotatable bonds is 7. The Morgan fingerprint density at radius 2 is 2.32 bits per heavy atom. The van der Waals surface area contributed by atoms with Crippen molar-refractivity contribution in [2.24, 2.45) is 5.73 Å². The van der Waals surface area contributed by atoms with Crippen molar-refractivity contribution in [3.63, 3.8) is 0 Å². The third-order valence-corrected chi connectivity index (χ3v) is 2.76. The second kappa shape index (κ2) is 6.60. The molecule has 1 heterocycles. The standard InChI is InChI=1S/C12H15ClN2O4/c13-9-3-8(4-10-12(9)19-7-18-10)5-15-1-2-17-6-11(14)16/h3-4,15H,1-2,5-7H2,(H2,14,16). The first-order valence-electron chi connectivity index (χ1n) is 5.81. The molecule has 0 bridgehead atoms. The summed E-state index contributed by atoms with van der Waals surface area (Å²) in [6.45, 7) is 1.79. The molecule has 0 fully saturated rings. The Bertz CT molecular complexity index is 467. The molecule has 0 spiro atoms. The van der Waals surface area contributed by atoms with E-state index in [9.17, 15) is 4.79 Å². The predicted octanol–water partition coefficient (Wildman–Crippen LogP) is 0.660. The molecule has 19 heavy (non-hydrogen) atoms. The van der Waals surface area contributed by atoms with Crippen LogP contribution in [0.2, 0.25) is 5.02 Å². The molecule has 0 aromatic heterocycles. The first kappa shape index (κ1) is 13.9.